The molecule has 0 aliphatic carbocycles. The molecule has 0 bridgehead atoms. The maximum Gasteiger partial charge on any atom is 0.330 e. The second kappa shape index (κ2) is 9.76. The molecular weight excluding hydrogens is 300 g/mol. The van der Waals surface area contributed by atoms with Gasteiger partial charge in [0.1, 0.15) is 11.9 Å². The third-order valence-electron chi connectivity index (χ3n) is 4.08. The summed E-state index contributed by atoms with van der Waals surface area (Å²) in [6.07, 6.45) is 6.04. The van der Waals surface area contributed by atoms with Crippen LogP contribution < -0.4 is 4.74 Å². The molecule has 2 aromatic rings. The first-order chi connectivity index (χ1) is 11.7. The Morgan fingerprint density at radius 2 is 1.92 bits per heavy atom. The van der Waals surface area contributed by atoms with Gasteiger partial charge in [0.2, 0.25) is 0 Å². The Morgan fingerprint density at radius 3 is 2.71 bits per heavy atom. The summed E-state index contributed by atoms with van der Waals surface area (Å²) >= 11 is 0. The first kappa shape index (κ1) is 18.1. The van der Waals surface area contributed by atoms with E-state index in [0.717, 1.165) is 43.2 Å². The standard InChI is InChI=1S/C21H26O3/c1-3-18(24-21(22)4-2)13-6-5-9-16-23-20-15-10-12-17-11-7-8-14-19(17)20/h4,7-8,10-12,14-15,18H,2-3,5-6,9,13,16H2,1H3. The number of esters is 1. The Morgan fingerprint density at radius 1 is 1.12 bits per heavy atom. The van der Waals surface area contributed by atoms with Crippen LogP contribution in [-0.2, 0) is 9.53 Å². The van der Waals surface area contributed by atoms with E-state index < -0.39 is 0 Å². The zero-order valence-electron chi connectivity index (χ0n) is 14.4. The number of hydrogen-bond donors (Lipinski definition) is 0. The molecule has 0 spiro atoms. The van der Waals surface area contributed by atoms with Crippen molar-refractivity contribution in [1.82, 2.24) is 0 Å². The molecular formula is C21H26O3. The lowest BCUT2D eigenvalue weighted by molar-refractivity contribution is -0.143. The number of carbonyl (C=O) groups excluding carboxylic acids is 1. The van der Waals surface area contributed by atoms with Crippen LogP contribution in [0.2, 0.25) is 0 Å². The van der Waals surface area contributed by atoms with Gasteiger partial charge in [0.25, 0.3) is 0 Å². The number of fused-ring (bicyclic) bond motifs is 1. The van der Waals surface area contributed by atoms with Crippen LogP contribution in [0.1, 0.15) is 39.0 Å². The summed E-state index contributed by atoms with van der Waals surface area (Å²) in [7, 11) is 0. The van der Waals surface area contributed by atoms with Crippen LogP contribution in [0.25, 0.3) is 10.8 Å². The van der Waals surface area contributed by atoms with Crippen LogP contribution in [0.4, 0.5) is 0 Å². The van der Waals surface area contributed by atoms with Gasteiger partial charge >= 0.3 is 5.97 Å². The van der Waals surface area contributed by atoms with Crippen LogP contribution in [-0.4, -0.2) is 18.7 Å². The summed E-state index contributed by atoms with van der Waals surface area (Å²) in [6, 6.07) is 14.4. The fourth-order valence-electron chi connectivity index (χ4n) is 2.71. The van der Waals surface area contributed by atoms with Crippen molar-refractivity contribution in [2.75, 3.05) is 6.61 Å². The number of unbranched alkanes of at least 4 members (excludes halogenated alkanes) is 2. The summed E-state index contributed by atoms with van der Waals surface area (Å²) in [4.78, 5) is 11.2. The molecule has 0 N–H and O–H groups in total. The molecule has 3 heteroatoms. The summed E-state index contributed by atoms with van der Waals surface area (Å²) in [5.74, 6) is 0.612. The normalized spacial score (nSPS) is 11.9. The van der Waals surface area contributed by atoms with Crippen molar-refractivity contribution in [2.45, 2.75) is 45.1 Å². The van der Waals surface area contributed by atoms with Gasteiger partial charge in [-0.1, -0.05) is 49.9 Å². The highest BCUT2D eigenvalue weighted by atomic mass is 16.5. The van der Waals surface area contributed by atoms with Crippen molar-refractivity contribution in [2.24, 2.45) is 0 Å². The lowest BCUT2D eigenvalue weighted by atomic mass is 10.1. The van der Waals surface area contributed by atoms with E-state index in [1.807, 2.05) is 31.2 Å². The fourth-order valence-corrected chi connectivity index (χ4v) is 2.71. The molecule has 3 nitrogen and oxygen atoms in total. The first-order valence-corrected chi connectivity index (χ1v) is 8.68. The SMILES string of the molecule is C=CC(=O)OC(CC)CCCCCOc1cccc2ccccc12. The topological polar surface area (TPSA) is 35.5 Å². The van der Waals surface area contributed by atoms with E-state index >= 15 is 0 Å². The number of carbonyl (C=O) groups is 1. The summed E-state index contributed by atoms with van der Waals surface area (Å²) < 4.78 is 11.2. The molecule has 0 amide bonds. The van der Waals surface area contributed by atoms with E-state index in [4.69, 9.17) is 9.47 Å². The highest BCUT2D eigenvalue weighted by Crippen LogP contribution is 2.25. The summed E-state index contributed by atoms with van der Waals surface area (Å²) in [5, 5.41) is 2.35. The maximum atomic E-state index is 11.2. The lowest BCUT2D eigenvalue weighted by Crippen LogP contribution is -2.15. The largest absolute Gasteiger partial charge is 0.493 e. The third kappa shape index (κ3) is 5.41. The van der Waals surface area contributed by atoms with E-state index in [0.29, 0.717) is 6.61 Å². The molecule has 0 saturated heterocycles. The van der Waals surface area contributed by atoms with Gasteiger partial charge in [0, 0.05) is 11.5 Å². The zero-order chi connectivity index (χ0) is 17.2. The lowest BCUT2D eigenvalue weighted by Gasteiger charge is -2.15. The van der Waals surface area contributed by atoms with E-state index in [9.17, 15) is 4.79 Å². The van der Waals surface area contributed by atoms with Gasteiger partial charge in [-0.3, -0.25) is 0 Å². The average molecular weight is 326 g/mol. The molecule has 1 unspecified atom stereocenters. The molecule has 2 rings (SSSR count). The number of hydrogen-bond acceptors (Lipinski definition) is 3. The smallest absolute Gasteiger partial charge is 0.330 e. The second-order valence-corrected chi connectivity index (χ2v) is 5.85. The number of benzene rings is 2. The molecule has 0 aromatic heterocycles. The molecule has 0 radical (unpaired) electrons. The maximum absolute atomic E-state index is 11.2. The Labute approximate surface area is 144 Å². The fraction of sp³-hybridized carbons (Fsp3) is 0.381. The minimum atomic E-state index is -0.332. The average Bonchev–Trinajstić information content (AvgIpc) is 2.63. The molecule has 128 valence electrons. The van der Waals surface area contributed by atoms with Crippen molar-refractivity contribution >= 4 is 16.7 Å². The Bertz CT molecular complexity index is 658. The second-order valence-electron chi connectivity index (χ2n) is 5.85. The molecule has 0 heterocycles. The monoisotopic (exact) mass is 326 g/mol. The Hall–Kier alpha value is -2.29. The molecule has 1 atom stereocenters. The molecule has 24 heavy (non-hydrogen) atoms. The minimum absolute atomic E-state index is 0.00511. The van der Waals surface area contributed by atoms with Gasteiger partial charge < -0.3 is 9.47 Å². The first-order valence-electron chi connectivity index (χ1n) is 8.68. The quantitative estimate of drug-likeness (QED) is 0.338. The highest BCUT2D eigenvalue weighted by molar-refractivity contribution is 5.88. The number of rotatable bonds is 10. The van der Waals surface area contributed by atoms with Crippen LogP contribution in [0.3, 0.4) is 0 Å². The van der Waals surface area contributed by atoms with Gasteiger partial charge in [-0.15, -0.1) is 0 Å². The highest BCUT2D eigenvalue weighted by Gasteiger charge is 2.09. The predicted octanol–water partition coefficient (Wildman–Crippen LogP) is 5.29. The summed E-state index contributed by atoms with van der Waals surface area (Å²) in [6.45, 7) is 6.17. The van der Waals surface area contributed by atoms with E-state index in [1.165, 1.54) is 11.5 Å². The molecule has 0 fully saturated rings. The predicted molar refractivity (Wildman–Crippen MR) is 98.3 cm³/mol. The van der Waals surface area contributed by atoms with Gasteiger partial charge in [-0.2, -0.15) is 0 Å². The van der Waals surface area contributed by atoms with Gasteiger partial charge in [-0.05, 0) is 43.6 Å². The van der Waals surface area contributed by atoms with Crippen LogP contribution >= 0.6 is 0 Å². The van der Waals surface area contributed by atoms with E-state index in [-0.39, 0.29) is 12.1 Å². The van der Waals surface area contributed by atoms with E-state index in [2.05, 4.69) is 24.8 Å². The Kier molecular flexibility index (Phi) is 7.34. The van der Waals surface area contributed by atoms with Gasteiger partial charge in [0.05, 0.1) is 6.61 Å². The van der Waals surface area contributed by atoms with E-state index in [1.54, 1.807) is 0 Å². The number of ether oxygens (including phenoxy) is 2. The minimum Gasteiger partial charge on any atom is -0.493 e. The molecule has 0 aliphatic rings. The van der Waals surface area contributed by atoms with Crippen molar-refractivity contribution in [3.63, 3.8) is 0 Å². The summed E-state index contributed by atoms with van der Waals surface area (Å²) in [5.41, 5.74) is 0. The molecule has 0 saturated carbocycles. The van der Waals surface area contributed by atoms with Crippen LogP contribution in [0, 0.1) is 0 Å². The van der Waals surface area contributed by atoms with Crippen molar-refractivity contribution in [1.29, 1.82) is 0 Å². The van der Waals surface area contributed by atoms with Crippen molar-refractivity contribution in [3.05, 3.63) is 55.1 Å². The third-order valence-corrected chi connectivity index (χ3v) is 4.08. The van der Waals surface area contributed by atoms with Gasteiger partial charge in [0.15, 0.2) is 0 Å². The molecule has 0 aliphatic heterocycles. The van der Waals surface area contributed by atoms with Crippen LogP contribution in [0.5, 0.6) is 5.75 Å². The van der Waals surface area contributed by atoms with Crippen LogP contribution in [0.15, 0.2) is 55.1 Å². The molecule has 2 aromatic carbocycles. The Balaban J connectivity index is 1.69. The van der Waals surface area contributed by atoms with Gasteiger partial charge in [-0.25, -0.2) is 4.79 Å². The van der Waals surface area contributed by atoms with Crippen molar-refractivity contribution < 1.29 is 14.3 Å². The zero-order valence-corrected chi connectivity index (χ0v) is 14.4. The van der Waals surface area contributed by atoms with Crippen molar-refractivity contribution in [3.8, 4) is 5.75 Å².